The number of carbonyl (C=O) groups excluding carboxylic acids is 2. The Labute approximate surface area is 113 Å². The fourth-order valence-electron chi connectivity index (χ4n) is 1.47. The van der Waals surface area contributed by atoms with E-state index in [0.29, 0.717) is 10.1 Å². The van der Waals surface area contributed by atoms with Crippen LogP contribution in [0.4, 0.5) is 0 Å². The van der Waals surface area contributed by atoms with E-state index in [0.717, 1.165) is 17.3 Å². The molecule has 0 aromatic heterocycles. The van der Waals surface area contributed by atoms with Crippen LogP contribution in [0.5, 0.6) is 0 Å². The first kappa shape index (κ1) is 13.1. The summed E-state index contributed by atoms with van der Waals surface area (Å²) in [6.07, 6.45) is 0. The molecular formula is C12H10ClNO3S. The zero-order valence-electron chi connectivity index (χ0n) is 9.55. The largest absolute Gasteiger partial charge is 0.465 e. The van der Waals surface area contributed by atoms with Crippen molar-refractivity contribution in [2.45, 2.75) is 12.2 Å². The van der Waals surface area contributed by atoms with Crippen molar-refractivity contribution in [2.24, 2.45) is 4.99 Å². The summed E-state index contributed by atoms with van der Waals surface area (Å²) in [6, 6.07) is 6.99. The Kier molecular flexibility index (Phi) is 4.04. The summed E-state index contributed by atoms with van der Waals surface area (Å²) in [5, 5.41) is 0.169. The molecule has 4 nitrogen and oxygen atoms in total. The number of thioether (sulfide) groups is 1. The topological polar surface area (TPSA) is 55.7 Å². The number of amides is 1. The molecule has 1 aromatic carbocycles. The van der Waals surface area contributed by atoms with Gasteiger partial charge in [-0.3, -0.25) is 9.59 Å². The van der Waals surface area contributed by atoms with Gasteiger partial charge in [0.1, 0.15) is 5.04 Å². The third-order valence-corrected chi connectivity index (χ3v) is 3.65. The van der Waals surface area contributed by atoms with Crippen LogP contribution in [-0.2, 0) is 14.3 Å². The molecule has 0 saturated carbocycles. The van der Waals surface area contributed by atoms with Gasteiger partial charge in [-0.25, -0.2) is 4.99 Å². The standard InChI is InChI=1S/C12H10ClNO3S/c1-2-17-12(16)9-10(15)14-11(18-9)7-4-3-5-8(13)6-7/h3-6,9H,2H2,1H3. The maximum Gasteiger partial charge on any atom is 0.329 e. The highest BCUT2D eigenvalue weighted by Crippen LogP contribution is 2.28. The van der Waals surface area contributed by atoms with E-state index in [9.17, 15) is 9.59 Å². The molecule has 0 spiro atoms. The van der Waals surface area contributed by atoms with Crippen molar-refractivity contribution in [3.05, 3.63) is 34.9 Å². The summed E-state index contributed by atoms with van der Waals surface area (Å²) in [5.74, 6) is -1.03. The van der Waals surface area contributed by atoms with Crippen LogP contribution >= 0.6 is 23.4 Å². The number of hydrogen-bond acceptors (Lipinski definition) is 4. The highest BCUT2D eigenvalue weighted by Gasteiger charge is 2.36. The van der Waals surface area contributed by atoms with E-state index in [1.54, 1.807) is 31.2 Å². The summed E-state index contributed by atoms with van der Waals surface area (Å²) in [4.78, 5) is 27.0. The molecular weight excluding hydrogens is 274 g/mol. The van der Waals surface area contributed by atoms with E-state index in [1.807, 2.05) is 0 Å². The second-order valence-corrected chi connectivity index (χ2v) is 5.05. The molecule has 2 rings (SSSR count). The van der Waals surface area contributed by atoms with Crippen molar-refractivity contribution in [1.29, 1.82) is 0 Å². The van der Waals surface area contributed by atoms with Gasteiger partial charge in [0.25, 0.3) is 5.91 Å². The molecule has 0 bridgehead atoms. The second kappa shape index (κ2) is 5.54. The third kappa shape index (κ3) is 2.73. The molecule has 1 atom stereocenters. The Bertz CT molecular complexity index is 530. The van der Waals surface area contributed by atoms with Crippen LogP contribution < -0.4 is 0 Å². The SMILES string of the molecule is CCOC(=O)C1SC(c2cccc(Cl)c2)=NC1=O. The first-order valence-corrected chi connectivity index (χ1v) is 6.59. The molecule has 1 amide bonds. The molecule has 1 aliphatic rings. The average Bonchev–Trinajstić information content (AvgIpc) is 2.72. The molecule has 1 heterocycles. The lowest BCUT2D eigenvalue weighted by molar-refractivity contribution is -0.144. The summed E-state index contributed by atoms with van der Waals surface area (Å²) in [5.41, 5.74) is 0.729. The molecule has 1 aliphatic heterocycles. The summed E-state index contributed by atoms with van der Waals surface area (Å²) in [6.45, 7) is 1.94. The van der Waals surface area contributed by atoms with Gasteiger partial charge in [-0.2, -0.15) is 0 Å². The van der Waals surface area contributed by atoms with Crippen LogP contribution in [0.3, 0.4) is 0 Å². The predicted octanol–water partition coefficient (Wildman–Crippen LogP) is 2.29. The van der Waals surface area contributed by atoms with Gasteiger partial charge in [-0.1, -0.05) is 35.5 Å². The molecule has 0 radical (unpaired) electrons. The monoisotopic (exact) mass is 283 g/mol. The molecule has 94 valence electrons. The molecule has 0 aliphatic carbocycles. The van der Waals surface area contributed by atoms with Crippen molar-refractivity contribution in [1.82, 2.24) is 0 Å². The Morgan fingerprint density at radius 1 is 1.56 bits per heavy atom. The number of esters is 1. The fourth-order valence-corrected chi connectivity index (χ4v) is 2.61. The fraction of sp³-hybridized carbons (Fsp3) is 0.250. The van der Waals surface area contributed by atoms with Crippen LogP contribution in [0.25, 0.3) is 0 Å². The van der Waals surface area contributed by atoms with E-state index in [4.69, 9.17) is 16.3 Å². The second-order valence-electron chi connectivity index (χ2n) is 3.52. The molecule has 0 fully saturated rings. The first-order chi connectivity index (χ1) is 8.61. The van der Waals surface area contributed by atoms with Crippen LogP contribution in [0, 0.1) is 0 Å². The summed E-state index contributed by atoms with van der Waals surface area (Å²) < 4.78 is 4.82. The van der Waals surface area contributed by atoms with Gasteiger partial charge >= 0.3 is 5.97 Å². The quantitative estimate of drug-likeness (QED) is 0.631. The Morgan fingerprint density at radius 3 is 3.00 bits per heavy atom. The van der Waals surface area contributed by atoms with Gasteiger partial charge in [-0.05, 0) is 19.1 Å². The van der Waals surface area contributed by atoms with Crippen LogP contribution in [0.1, 0.15) is 12.5 Å². The van der Waals surface area contributed by atoms with E-state index < -0.39 is 17.1 Å². The number of halogens is 1. The number of rotatable bonds is 3. The highest BCUT2D eigenvalue weighted by atomic mass is 35.5. The predicted molar refractivity (Wildman–Crippen MR) is 71.0 cm³/mol. The van der Waals surface area contributed by atoms with Crippen LogP contribution in [0.2, 0.25) is 5.02 Å². The molecule has 1 unspecified atom stereocenters. The maximum absolute atomic E-state index is 11.6. The lowest BCUT2D eigenvalue weighted by atomic mass is 10.2. The number of carbonyl (C=O) groups is 2. The minimum absolute atomic E-state index is 0.246. The van der Waals surface area contributed by atoms with E-state index in [2.05, 4.69) is 4.99 Å². The van der Waals surface area contributed by atoms with Crippen molar-refractivity contribution < 1.29 is 14.3 Å². The van der Waals surface area contributed by atoms with Crippen molar-refractivity contribution in [2.75, 3.05) is 6.61 Å². The molecule has 0 saturated heterocycles. The van der Waals surface area contributed by atoms with Gasteiger partial charge in [0.05, 0.1) is 6.61 Å². The molecule has 1 aromatic rings. The van der Waals surface area contributed by atoms with Crippen LogP contribution in [0.15, 0.2) is 29.3 Å². The lowest BCUT2D eigenvalue weighted by Crippen LogP contribution is -2.25. The molecule has 18 heavy (non-hydrogen) atoms. The average molecular weight is 284 g/mol. The van der Waals surface area contributed by atoms with Crippen molar-refractivity contribution in [3.63, 3.8) is 0 Å². The Hall–Kier alpha value is -1.33. The van der Waals surface area contributed by atoms with Gasteiger partial charge in [0.15, 0.2) is 5.25 Å². The Balaban J connectivity index is 2.17. The number of ether oxygens (including phenoxy) is 1. The lowest BCUT2D eigenvalue weighted by Gasteiger charge is -2.05. The highest BCUT2D eigenvalue weighted by molar-refractivity contribution is 8.16. The smallest absolute Gasteiger partial charge is 0.329 e. The van der Waals surface area contributed by atoms with Gasteiger partial charge < -0.3 is 4.74 Å². The van der Waals surface area contributed by atoms with E-state index in [1.165, 1.54) is 0 Å². The third-order valence-electron chi connectivity index (χ3n) is 2.24. The van der Waals surface area contributed by atoms with Crippen LogP contribution in [-0.4, -0.2) is 28.8 Å². The molecule has 6 heteroatoms. The molecule has 0 N–H and O–H groups in total. The number of hydrogen-bond donors (Lipinski definition) is 0. The van der Waals surface area contributed by atoms with E-state index in [-0.39, 0.29) is 6.61 Å². The van der Waals surface area contributed by atoms with Gasteiger partial charge in [0, 0.05) is 10.6 Å². The van der Waals surface area contributed by atoms with E-state index >= 15 is 0 Å². The Morgan fingerprint density at radius 2 is 2.33 bits per heavy atom. The minimum atomic E-state index is -0.890. The first-order valence-electron chi connectivity index (χ1n) is 5.33. The maximum atomic E-state index is 11.6. The zero-order valence-corrected chi connectivity index (χ0v) is 11.1. The summed E-state index contributed by atoms with van der Waals surface area (Å²) >= 11 is 6.96. The minimum Gasteiger partial charge on any atom is -0.465 e. The normalized spacial score (nSPS) is 18.7. The van der Waals surface area contributed by atoms with Crippen molar-refractivity contribution in [3.8, 4) is 0 Å². The number of benzene rings is 1. The number of nitrogens with zero attached hydrogens (tertiary/aromatic N) is 1. The summed E-state index contributed by atoms with van der Waals surface area (Å²) in [7, 11) is 0. The van der Waals surface area contributed by atoms with Gasteiger partial charge in [0.2, 0.25) is 0 Å². The van der Waals surface area contributed by atoms with Crippen molar-refractivity contribution >= 4 is 40.3 Å². The van der Waals surface area contributed by atoms with Gasteiger partial charge in [-0.15, -0.1) is 0 Å². The zero-order chi connectivity index (χ0) is 13.1. The number of aliphatic imine (C=N–C) groups is 1.